The van der Waals surface area contributed by atoms with Crippen molar-refractivity contribution in [3.05, 3.63) is 59.7 Å². The smallest absolute Gasteiger partial charge is 0.303 e. The second kappa shape index (κ2) is 8.73. The van der Waals surface area contributed by atoms with Crippen molar-refractivity contribution >= 4 is 11.9 Å². The molecule has 3 N–H and O–H groups in total. The second-order valence-corrected chi connectivity index (χ2v) is 5.68. The molecular formula is C19H21NO5. The number of aromatic hydroxyl groups is 1. The molecule has 0 aliphatic carbocycles. The Morgan fingerprint density at radius 2 is 1.88 bits per heavy atom. The highest BCUT2D eigenvalue weighted by molar-refractivity contribution is 5.97. The molecule has 1 atom stereocenters. The van der Waals surface area contributed by atoms with E-state index >= 15 is 0 Å². The van der Waals surface area contributed by atoms with Crippen molar-refractivity contribution in [1.82, 2.24) is 5.32 Å². The van der Waals surface area contributed by atoms with E-state index in [9.17, 15) is 14.7 Å². The van der Waals surface area contributed by atoms with Crippen LogP contribution in [0.5, 0.6) is 11.5 Å². The third-order valence-electron chi connectivity index (χ3n) is 3.82. The number of methoxy groups -OCH3 is 1. The fraction of sp³-hybridized carbons (Fsp3) is 0.263. The van der Waals surface area contributed by atoms with Crippen molar-refractivity contribution in [2.24, 2.45) is 0 Å². The first-order valence-corrected chi connectivity index (χ1v) is 7.93. The molecule has 0 saturated carbocycles. The first-order valence-electron chi connectivity index (χ1n) is 7.93. The summed E-state index contributed by atoms with van der Waals surface area (Å²) in [7, 11) is 1.47. The lowest BCUT2D eigenvalue weighted by molar-refractivity contribution is -0.137. The van der Waals surface area contributed by atoms with Gasteiger partial charge in [0.15, 0.2) is 0 Å². The molecule has 2 rings (SSSR count). The average molecular weight is 343 g/mol. The van der Waals surface area contributed by atoms with Crippen molar-refractivity contribution in [2.45, 2.75) is 25.3 Å². The molecule has 0 saturated heterocycles. The number of carboxylic acid groups (broad SMARTS) is 1. The molecule has 0 bridgehead atoms. The van der Waals surface area contributed by atoms with Crippen LogP contribution in [0.2, 0.25) is 0 Å². The molecule has 1 amide bonds. The van der Waals surface area contributed by atoms with Gasteiger partial charge < -0.3 is 20.3 Å². The van der Waals surface area contributed by atoms with Gasteiger partial charge in [-0.1, -0.05) is 30.3 Å². The molecule has 25 heavy (non-hydrogen) atoms. The predicted molar refractivity (Wildman–Crippen MR) is 92.9 cm³/mol. The summed E-state index contributed by atoms with van der Waals surface area (Å²) in [5, 5.41) is 21.7. The van der Waals surface area contributed by atoms with Crippen LogP contribution < -0.4 is 10.1 Å². The summed E-state index contributed by atoms with van der Waals surface area (Å²) in [4.78, 5) is 23.3. The van der Waals surface area contributed by atoms with Gasteiger partial charge in [-0.2, -0.15) is 0 Å². The van der Waals surface area contributed by atoms with E-state index in [2.05, 4.69) is 5.32 Å². The van der Waals surface area contributed by atoms with Crippen molar-refractivity contribution in [1.29, 1.82) is 0 Å². The highest BCUT2D eigenvalue weighted by Gasteiger charge is 2.18. The lowest BCUT2D eigenvalue weighted by Crippen LogP contribution is -2.37. The van der Waals surface area contributed by atoms with Gasteiger partial charge in [0.05, 0.1) is 12.7 Å². The minimum absolute atomic E-state index is 0.0492. The highest BCUT2D eigenvalue weighted by atomic mass is 16.5. The molecule has 0 aliphatic heterocycles. The van der Waals surface area contributed by atoms with Crippen LogP contribution in [0.3, 0.4) is 0 Å². The lowest BCUT2D eigenvalue weighted by Gasteiger charge is -2.19. The molecule has 132 valence electrons. The first-order chi connectivity index (χ1) is 12.0. The van der Waals surface area contributed by atoms with E-state index in [0.717, 1.165) is 5.56 Å². The summed E-state index contributed by atoms with van der Waals surface area (Å²) in [5.74, 6) is -1.11. The number of carbonyl (C=O) groups excluding carboxylic acids is 1. The minimum atomic E-state index is -0.917. The fourth-order valence-electron chi connectivity index (χ4n) is 2.52. The van der Waals surface area contributed by atoms with Gasteiger partial charge in [0, 0.05) is 18.5 Å². The van der Waals surface area contributed by atoms with Crippen LogP contribution in [0.4, 0.5) is 0 Å². The largest absolute Gasteiger partial charge is 0.507 e. The van der Waals surface area contributed by atoms with Crippen LogP contribution in [0.1, 0.15) is 28.8 Å². The number of rotatable bonds is 8. The number of hydrogen-bond donors (Lipinski definition) is 3. The van der Waals surface area contributed by atoms with Crippen LogP contribution in [0.15, 0.2) is 48.5 Å². The molecule has 0 fully saturated rings. The predicted octanol–water partition coefficient (Wildman–Crippen LogP) is 2.61. The fourth-order valence-corrected chi connectivity index (χ4v) is 2.52. The van der Waals surface area contributed by atoms with Gasteiger partial charge in [0.1, 0.15) is 11.5 Å². The monoisotopic (exact) mass is 343 g/mol. The Bertz CT molecular complexity index is 730. The van der Waals surface area contributed by atoms with E-state index < -0.39 is 11.9 Å². The summed E-state index contributed by atoms with van der Waals surface area (Å²) in [6, 6.07) is 13.6. The summed E-state index contributed by atoms with van der Waals surface area (Å²) in [5.41, 5.74) is 1.12. The van der Waals surface area contributed by atoms with Crippen LogP contribution in [-0.4, -0.2) is 35.2 Å². The Hall–Kier alpha value is -3.02. The number of nitrogens with one attached hydrogen (secondary N) is 1. The van der Waals surface area contributed by atoms with Gasteiger partial charge in [0.2, 0.25) is 0 Å². The van der Waals surface area contributed by atoms with E-state index in [1.165, 1.54) is 19.2 Å². The van der Waals surface area contributed by atoms with Crippen LogP contribution >= 0.6 is 0 Å². The Morgan fingerprint density at radius 1 is 1.16 bits per heavy atom. The lowest BCUT2D eigenvalue weighted by atomic mass is 10.0. The number of hydrogen-bond acceptors (Lipinski definition) is 4. The average Bonchev–Trinajstić information content (AvgIpc) is 2.60. The van der Waals surface area contributed by atoms with Crippen LogP contribution in [0, 0.1) is 0 Å². The number of phenols is 1. The normalized spacial score (nSPS) is 11.6. The SMILES string of the molecule is COc1ccc(C(=O)NC(CCC(=O)O)Cc2ccccc2)c(O)c1. The Kier molecular flexibility index (Phi) is 6.39. The summed E-state index contributed by atoms with van der Waals surface area (Å²) in [6.45, 7) is 0. The first kappa shape index (κ1) is 18.3. The number of amides is 1. The zero-order valence-electron chi connectivity index (χ0n) is 13.9. The molecule has 6 nitrogen and oxygen atoms in total. The number of aliphatic carboxylic acids is 1. The van der Waals surface area contributed by atoms with Gasteiger partial charge >= 0.3 is 5.97 Å². The standard InChI is InChI=1S/C19H21NO5/c1-25-15-8-9-16(17(21)12-15)19(24)20-14(7-10-18(22)23)11-13-5-3-2-4-6-13/h2-6,8-9,12,14,21H,7,10-11H2,1H3,(H,20,24)(H,22,23). The van der Waals surface area contributed by atoms with Gasteiger partial charge in [-0.25, -0.2) is 0 Å². The summed E-state index contributed by atoms with van der Waals surface area (Å²) < 4.78 is 5.00. The topological polar surface area (TPSA) is 95.9 Å². The van der Waals surface area contributed by atoms with Crippen molar-refractivity contribution < 1.29 is 24.5 Å². The van der Waals surface area contributed by atoms with E-state index in [0.29, 0.717) is 18.6 Å². The van der Waals surface area contributed by atoms with E-state index in [4.69, 9.17) is 9.84 Å². The zero-order chi connectivity index (χ0) is 18.2. The number of phenolic OH excluding ortho intramolecular Hbond substituents is 1. The molecule has 0 radical (unpaired) electrons. The molecule has 0 heterocycles. The van der Waals surface area contributed by atoms with Crippen LogP contribution in [0.25, 0.3) is 0 Å². The van der Waals surface area contributed by atoms with Gasteiger partial charge in [-0.3, -0.25) is 9.59 Å². The van der Waals surface area contributed by atoms with Gasteiger partial charge in [0.25, 0.3) is 5.91 Å². The Morgan fingerprint density at radius 3 is 2.48 bits per heavy atom. The molecule has 6 heteroatoms. The number of ether oxygens (including phenoxy) is 1. The van der Waals surface area contributed by atoms with E-state index in [1.807, 2.05) is 30.3 Å². The minimum Gasteiger partial charge on any atom is -0.507 e. The number of carbonyl (C=O) groups is 2. The number of benzene rings is 2. The van der Waals surface area contributed by atoms with Crippen LogP contribution in [-0.2, 0) is 11.2 Å². The molecule has 2 aromatic carbocycles. The molecule has 2 aromatic rings. The molecule has 1 unspecified atom stereocenters. The van der Waals surface area contributed by atoms with Gasteiger partial charge in [-0.15, -0.1) is 0 Å². The maximum atomic E-state index is 12.5. The Labute approximate surface area is 146 Å². The highest BCUT2D eigenvalue weighted by Crippen LogP contribution is 2.23. The summed E-state index contributed by atoms with van der Waals surface area (Å²) in [6.07, 6.45) is 0.760. The van der Waals surface area contributed by atoms with Crippen molar-refractivity contribution in [3.63, 3.8) is 0 Å². The quantitative estimate of drug-likeness (QED) is 0.685. The molecule has 0 spiro atoms. The molecule has 0 aromatic heterocycles. The zero-order valence-corrected chi connectivity index (χ0v) is 13.9. The summed E-state index contributed by atoms with van der Waals surface area (Å²) >= 11 is 0. The van der Waals surface area contributed by atoms with E-state index in [-0.39, 0.29) is 23.8 Å². The maximum Gasteiger partial charge on any atom is 0.303 e. The second-order valence-electron chi connectivity index (χ2n) is 5.68. The maximum absolute atomic E-state index is 12.5. The van der Waals surface area contributed by atoms with Gasteiger partial charge in [-0.05, 0) is 30.5 Å². The van der Waals surface area contributed by atoms with Crippen molar-refractivity contribution in [2.75, 3.05) is 7.11 Å². The third kappa shape index (κ3) is 5.53. The molecule has 0 aliphatic rings. The third-order valence-corrected chi connectivity index (χ3v) is 3.82. The Balaban J connectivity index is 2.11. The van der Waals surface area contributed by atoms with Crippen molar-refractivity contribution in [3.8, 4) is 11.5 Å². The number of carboxylic acids is 1. The van der Waals surface area contributed by atoms with E-state index in [1.54, 1.807) is 6.07 Å². The molecular weight excluding hydrogens is 322 g/mol.